The maximum atomic E-state index is 13.8. The number of aliphatic hydroxyl groups is 5. The van der Waals surface area contributed by atoms with Crippen molar-refractivity contribution in [3.05, 3.63) is 47.0 Å². The van der Waals surface area contributed by atoms with E-state index in [0.29, 0.717) is 0 Å². The lowest BCUT2D eigenvalue weighted by atomic mass is 9.38. The number of fused-ring (bicyclic) bond motifs is 2. The molecule has 9 atom stereocenters. The molecule has 4 aliphatic rings. The van der Waals surface area contributed by atoms with Gasteiger partial charge in [-0.2, -0.15) is 0 Å². The lowest BCUT2D eigenvalue weighted by Crippen LogP contribution is -2.85. The molecule has 11 nitrogen and oxygen atoms in total. The summed E-state index contributed by atoms with van der Waals surface area (Å²) in [6.45, 7) is 6.09. The number of cyclic esters (lactones) is 1. The first-order chi connectivity index (χ1) is 18.5. The molecule has 0 unspecified atom stereocenters. The number of ether oxygens (including phenoxy) is 3. The first kappa shape index (κ1) is 28.7. The highest BCUT2D eigenvalue weighted by atomic mass is 16.6. The smallest absolute Gasteiger partial charge is 0.343 e. The van der Waals surface area contributed by atoms with Gasteiger partial charge in [-0.25, -0.2) is 9.59 Å². The topological polar surface area (TPSA) is 180 Å². The molecule has 40 heavy (non-hydrogen) atoms. The van der Waals surface area contributed by atoms with Gasteiger partial charge in [0.1, 0.15) is 23.4 Å². The second kappa shape index (κ2) is 8.83. The minimum Gasteiger partial charge on any atom is -0.459 e. The normalized spacial score (nSPS) is 43.4. The van der Waals surface area contributed by atoms with Gasteiger partial charge in [0.05, 0.1) is 29.8 Å². The Hall–Kier alpha value is -2.83. The number of carbonyl (C=O) groups is 3. The summed E-state index contributed by atoms with van der Waals surface area (Å²) in [7, 11) is 0. The minimum absolute atomic E-state index is 0.0589. The summed E-state index contributed by atoms with van der Waals surface area (Å²) in [6.07, 6.45) is -6.41. The third-order valence-corrected chi connectivity index (χ3v) is 10.2. The number of rotatable bonds is 4. The Morgan fingerprint density at radius 3 is 2.27 bits per heavy atom. The van der Waals surface area contributed by atoms with Gasteiger partial charge in [-0.15, -0.1) is 0 Å². The molecule has 3 fully saturated rings. The second-order valence-electron chi connectivity index (χ2n) is 12.3. The summed E-state index contributed by atoms with van der Waals surface area (Å²) in [5.41, 5.74) is -9.68. The lowest BCUT2D eigenvalue weighted by molar-refractivity contribution is -0.341. The lowest BCUT2D eigenvalue weighted by Gasteiger charge is -2.71. The van der Waals surface area contributed by atoms with Crippen LogP contribution in [0.15, 0.2) is 41.5 Å². The van der Waals surface area contributed by atoms with Crippen molar-refractivity contribution in [3.63, 3.8) is 0 Å². The molecule has 3 aliphatic carbocycles. The van der Waals surface area contributed by atoms with E-state index < -0.39 is 88.9 Å². The highest BCUT2D eigenvalue weighted by Crippen LogP contribution is 2.74. The number of hydrogen-bond donors (Lipinski definition) is 5. The van der Waals surface area contributed by atoms with Gasteiger partial charge >= 0.3 is 17.9 Å². The fraction of sp³-hybridized carbons (Fsp3) is 0.621. The summed E-state index contributed by atoms with van der Waals surface area (Å²) in [6, 6.07) is 8.01. The zero-order chi connectivity index (χ0) is 29.6. The van der Waals surface area contributed by atoms with Gasteiger partial charge in [0.15, 0.2) is 5.60 Å². The van der Waals surface area contributed by atoms with Gasteiger partial charge in [-0.3, -0.25) is 4.79 Å². The largest absolute Gasteiger partial charge is 0.459 e. The van der Waals surface area contributed by atoms with Crippen LogP contribution in [0.2, 0.25) is 0 Å². The molecule has 2 saturated carbocycles. The van der Waals surface area contributed by atoms with E-state index in [1.165, 1.54) is 19.1 Å². The molecule has 11 heteroatoms. The van der Waals surface area contributed by atoms with E-state index >= 15 is 0 Å². The van der Waals surface area contributed by atoms with E-state index in [-0.39, 0.29) is 23.1 Å². The zero-order valence-electron chi connectivity index (χ0n) is 23.1. The van der Waals surface area contributed by atoms with Crippen LogP contribution >= 0.6 is 0 Å². The Morgan fingerprint density at radius 2 is 1.70 bits per heavy atom. The quantitative estimate of drug-likeness (QED) is 0.195. The maximum absolute atomic E-state index is 13.8. The van der Waals surface area contributed by atoms with Gasteiger partial charge in [0.25, 0.3) is 0 Å². The van der Waals surface area contributed by atoms with Crippen LogP contribution in [0.3, 0.4) is 0 Å². The number of esters is 3. The first-order valence-corrected chi connectivity index (χ1v) is 13.3. The Morgan fingerprint density at radius 1 is 1.07 bits per heavy atom. The van der Waals surface area contributed by atoms with Gasteiger partial charge < -0.3 is 39.7 Å². The number of hydrogen-bond acceptors (Lipinski definition) is 11. The first-order valence-electron chi connectivity index (χ1n) is 13.3. The Balaban J connectivity index is 1.85. The second-order valence-corrected chi connectivity index (χ2v) is 12.3. The molecule has 1 heterocycles. The van der Waals surface area contributed by atoms with Gasteiger partial charge in [-0.05, 0) is 50.5 Å². The molecule has 218 valence electrons. The highest BCUT2D eigenvalue weighted by molar-refractivity contribution is 5.91. The van der Waals surface area contributed by atoms with Crippen molar-refractivity contribution in [1.29, 1.82) is 0 Å². The standard InChI is InChI=1S/C29H36O11/c1-14-17(32)12-27-20(14)29(37,24(35)40-25(27,3)4)26(5)18(33)11-19(38-15(2)31)28(36,13-30)21(26)22(27)39-23(34)16-9-7-6-8-10-16/h6-10,17-19,21-22,30,32-33,36-37H,11-13H2,1-5H3/t17-,18-,19-,21-,22-,26+,27+,28-,29+/m0/s1. The van der Waals surface area contributed by atoms with Gasteiger partial charge in [-0.1, -0.05) is 25.1 Å². The van der Waals surface area contributed by atoms with Crippen molar-refractivity contribution in [2.75, 3.05) is 6.61 Å². The fourth-order valence-corrected chi connectivity index (χ4v) is 8.21. The van der Waals surface area contributed by atoms with Crippen LogP contribution in [0.5, 0.6) is 0 Å². The van der Waals surface area contributed by atoms with E-state index in [2.05, 4.69) is 0 Å². The molecule has 5 rings (SSSR count). The molecule has 1 aliphatic heterocycles. The van der Waals surface area contributed by atoms with E-state index in [1.807, 2.05) is 0 Å². The maximum Gasteiger partial charge on any atom is 0.343 e. The van der Waals surface area contributed by atoms with E-state index in [9.17, 15) is 39.9 Å². The molecular weight excluding hydrogens is 524 g/mol. The van der Waals surface area contributed by atoms with Crippen LogP contribution in [0.1, 0.15) is 57.8 Å². The number of benzene rings is 1. The van der Waals surface area contributed by atoms with Crippen molar-refractivity contribution in [2.45, 2.75) is 88.7 Å². The summed E-state index contributed by atoms with van der Waals surface area (Å²) in [5.74, 6) is -4.30. The SMILES string of the molecule is CC(=O)O[C@H]1C[C@H](O)[C@]2(C)[C@H]([C@H](OC(=O)c3ccccc3)[C@@]34C[C@H](O)C(C)=C3[C@@]2(O)C(=O)OC4(C)C)[C@]1(O)CO. The molecule has 1 aromatic rings. The molecule has 1 saturated heterocycles. The Labute approximate surface area is 231 Å². The third-order valence-electron chi connectivity index (χ3n) is 10.2. The van der Waals surface area contributed by atoms with Gasteiger partial charge in [0, 0.05) is 24.7 Å². The predicted molar refractivity (Wildman–Crippen MR) is 136 cm³/mol. The Bertz CT molecular complexity index is 1290. The van der Waals surface area contributed by atoms with E-state index in [1.54, 1.807) is 39.0 Å². The average Bonchev–Trinajstić information content (AvgIpc) is 3.17. The van der Waals surface area contributed by atoms with Crippen molar-refractivity contribution < 1.29 is 54.1 Å². The molecule has 0 radical (unpaired) electrons. The van der Waals surface area contributed by atoms with E-state index in [0.717, 1.165) is 6.92 Å². The van der Waals surface area contributed by atoms with Crippen LogP contribution in [-0.4, -0.2) is 91.3 Å². The third kappa shape index (κ3) is 3.26. The minimum atomic E-state index is -2.60. The fourth-order valence-electron chi connectivity index (χ4n) is 8.21. The van der Waals surface area contributed by atoms with Crippen LogP contribution < -0.4 is 0 Å². The predicted octanol–water partition coefficient (Wildman–Crippen LogP) is 0.402. The van der Waals surface area contributed by atoms with Crippen LogP contribution in [0.4, 0.5) is 0 Å². The highest BCUT2D eigenvalue weighted by Gasteiger charge is 2.86. The number of aliphatic hydroxyl groups excluding tert-OH is 3. The molecule has 1 aromatic carbocycles. The molecule has 2 bridgehead atoms. The van der Waals surface area contributed by atoms with Crippen LogP contribution in [-0.2, 0) is 23.8 Å². The summed E-state index contributed by atoms with van der Waals surface area (Å²) in [5, 5.41) is 58.3. The molecule has 0 aromatic heterocycles. The molecule has 0 spiro atoms. The summed E-state index contributed by atoms with van der Waals surface area (Å²) >= 11 is 0. The monoisotopic (exact) mass is 560 g/mol. The Kier molecular flexibility index (Phi) is 6.34. The van der Waals surface area contributed by atoms with Crippen molar-refractivity contribution in [1.82, 2.24) is 0 Å². The van der Waals surface area contributed by atoms with Crippen molar-refractivity contribution in [2.24, 2.45) is 16.7 Å². The summed E-state index contributed by atoms with van der Waals surface area (Å²) in [4.78, 5) is 39.5. The summed E-state index contributed by atoms with van der Waals surface area (Å²) < 4.78 is 17.4. The van der Waals surface area contributed by atoms with Crippen molar-refractivity contribution in [3.8, 4) is 0 Å². The zero-order valence-corrected chi connectivity index (χ0v) is 23.1. The van der Waals surface area contributed by atoms with Crippen molar-refractivity contribution >= 4 is 17.9 Å². The van der Waals surface area contributed by atoms with Crippen LogP contribution in [0, 0.1) is 16.7 Å². The molecule has 5 N–H and O–H groups in total. The van der Waals surface area contributed by atoms with Crippen LogP contribution in [0.25, 0.3) is 0 Å². The molecular formula is C29H36O11. The van der Waals surface area contributed by atoms with E-state index in [4.69, 9.17) is 14.2 Å². The number of carbonyl (C=O) groups excluding carboxylic acids is 3. The van der Waals surface area contributed by atoms with Gasteiger partial charge in [0.2, 0.25) is 0 Å². The average molecular weight is 561 g/mol. The molecule has 0 amide bonds.